The molecule has 0 saturated carbocycles. The van der Waals surface area contributed by atoms with Gasteiger partial charge in [-0.25, -0.2) is 0 Å². The highest BCUT2D eigenvalue weighted by Crippen LogP contribution is 2.30. The summed E-state index contributed by atoms with van der Waals surface area (Å²) >= 11 is 0. The number of nitrogens with one attached hydrogen (secondary N) is 1. The summed E-state index contributed by atoms with van der Waals surface area (Å²) in [6.07, 6.45) is 3.72. The lowest BCUT2D eigenvalue weighted by Crippen LogP contribution is -2.51. The third-order valence-electron chi connectivity index (χ3n) is 6.66. The second kappa shape index (κ2) is 8.84. The van der Waals surface area contributed by atoms with E-state index >= 15 is 0 Å². The Balaban J connectivity index is 1.35. The van der Waals surface area contributed by atoms with Gasteiger partial charge in [-0.2, -0.15) is 0 Å². The highest BCUT2D eigenvalue weighted by atomic mass is 16.5. The van der Waals surface area contributed by atoms with Crippen LogP contribution in [-0.4, -0.2) is 62.1 Å². The van der Waals surface area contributed by atoms with Gasteiger partial charge >= 0.3 is 0 Å². The molecule has 0 bridgehead atoms. The molecule has 1 aromatic rings. The van der Waals surface area contributed by atoms with Gasteiger partial charge in [0.05, 0.1) is 19.1 Å². The van der Waals surface area contributed by atoms with Crippen LogP contribution < -0.4 is 10.2 Å². The van der Waals surface area contributed by atoms with E-state index < -0.39 is 0 Å². The number of benzene rings is 1. The van der Waals surface area contributed by atoms with Crippen molar-refractivity contribution in [2.45, 2.75) is 45.6 Å². The lowest BCUT2D eigenvalue weighted by molar-refractivity contribution is -0.126. The van der Waals surface area contributed by atoms with E-state index in [1.165, 1.54) is 17.5 Å². The van der Waals surface area contributed by atoms with E-state index in [0.29, 0.717) is 31.5 Å². The fraction of sp³-hybridized carbons (Fsp3) is 0.652. The number of amides is 2. The Labute approximate surface area is 173 Å². The number of aryl methyl sites for hydroxylation is 2. The predicted molar refractivity (Wildman–Crippen MR) is 113 cm³/mol. The van der Waals surface area contributed by atoms with Crippen molar-refractivity contribution in [2.75, 3.05) is 44.3 Å². The predicted octanol–water partition coefficient (Wildman–Crippen LogP) is 2.00. The maximum Gasteiger partial charge on any atom is 0.227 e. The Morgan fingerprint density at radius 2 is 1.97 bits per heavy atom. The normalized spacial score (nSPS) is 23.5. The molecule has 0 aromatic heterocycles. The minimum Gasteiger partial charge on any atom is -0.379 e. The molecule has 6 nitrogen and oxygen atoms in total. The van der Waals surface area contributed by atoms with Crippen molar-refractivity contribution in [1.82, 2.24) is 10.2 Å². The van der Waals surface area contributed by atoms with E-state index in [4.69, 9.17) is 4.74 Å². The largest absolute Gasteiger partial charge is 0.379 e. The van der Waals surface area contributed by atoms with Gasteiger partial charge in [0.25, 0.3) is 0 Å². The smallest absolute Gasteiger partial charge is 0.227 e. The molecule has 2 aliphatic heterocycles. The molecule has 2 fully saturated rings. The van der Waals surface area contributed by atoms with Crippen LogP contribution in [0.25, 0.3) is 0 Å². The highest BCUT2D eigenvalue weighted by molar-refractivity contribution is 6.00. The lowest BCUT2D eigenvalue weighted by atomic mass is 10.0. The van der Waals surface area contributed by atoms with Crippen molar-refractivity contribution in [2.24, 2.45) is 11.8 Å². The van der Waals surface area contributed by atoms with Crippen molar-refractivity contribution in [3.63, 3.8) is 0 Å². The Morgan fingerprint density at radius 3 is 2.72 bits per heavy atom. The van der Waals surface area contributed by atoms with E-state index in [-0.39, 0.29) is 17.7 Å². The molecule has 4 rings (SSSR count). The van der Waals surface area contributed by atoms with Crippen LogP contribution in [0, 0.1) is 11.8 Å². The molecular weight excluding hydrogens is 366 g/mol. The fourth-order valence-corrected chi connectivity index (χ4v) is 4.90. The zero-order valence-corrected chi connectivity index (χ0v) is 17.7. The minimum absolute atomic E-state index is 0.000851. The second-order valence-electron chi connectivity index (χ2n) is 8.92. The first kappa shape index (κ1) is 20.4. The van der Waals surface area contributed by atoms with Gasteiger partial charge in [0.1, 0.15) is 0 Å². The Morgan fingerprint density at radius 1 is 1.21 bits per heavy atom. The standard InChI is InChI=1S/C23H33N3O3/c1-16(2)21(25-8-10-29-11-9-25)14-24-23(28)19-13-22(27)26(15-19)20-7-6-17-4-3-5-18(17)12-20/h6-7,12,16,19,21H,3-5,8-11,13-15H2,1-2H3,(H,24,28). The molecule has 158 valence electrons. The molecular formula is C23H33N3O3. The summed E-state index contributed by atoms with van der Waals surface area (Å²) in [4.78, 5) is 29.6. The first-order chi connectivity index (χ1) is 14.0. The molecule has 2 heterocycles. The second-order valence-corrected chi connectivity index (χ2v) is 8.92. The molecule has 1 aromatic carbocycles. The van der Waals surface area contributed by atoms with Gasteiger partial charge in [-0.1, -0.05) is 19.9 Å². The number of morpholine rings is 1. The summed E-state index contributed by atoms with van der Waals surface area (Å²) in [5.41, 5.74) is 3.70. The zero-order valence-electron chi connectivity index (χ0n) is 17.7. The number of ether oxygens (including phenoxy) is 1. The maximum atomic E-state index is 12.8. The van der Waals surface area contributed by atoms with Crippen molar-refractivity contribution in [1.29, 1.82) is 0 Å². The molecule has 2 atom stereocenters. The highest BCUT2D eigenvalue weighted by Gasteiger charge is 2.36. The minimum atomic E-state index is -0.270. The molecule has 0 radical (unpaired) electrons. The monoisotopic (exact) mass is 399 g/mol. The number of anilines is 1. The van der Waals surface area contributed by atoms with Crippen molar-refractivity contribution < 1.29 is 14.3 Å². The maximum absolute atomic E-state index is 12.8. The van der Waals surface area contributed by atoms with E-state index in [1.807, 2.05) is 6.07 Å². The summed E-state index contributed by atoms with van der Waals surface area (Å²) in [5.74, 6) is 0.229. The number of nitrogens with zero attached hydrogens (tertiary/aromatic N) is 2. The van der Waals surface area contributed by atoms with Gasteiger partial charge < -0.3 is 15.0 Å². The van der Waals surface area contributed by atoms with E-state index in [0.717, 1.165) is 44.8 Å². The number of rotatable bonds is 6. The van der Waals surface area contributed by atoms with Gasteiger partial charge in [-0.05, 0) is 48.4 Å². The van der Waals surface area contributed by atoms with Gasteiger partial charge in [0, 0.05) is 44.3 Å². The van der Waals surface area contributed by atoms with Crippen LogP contribution in [0.4, 0.5) is 5.69 Å². The summed E-state index contributed by atoms with van der Waals surface area (Å²) in [6.45, 7) is 8.82. The summed E-state index contributed by atoms with van der Waals surface area (Å²) in [5, 5.41) is 3.14. The van der Waals surface area contributed by atoms with Gasteiger partial charge in [0.2, 0.25) is 11.8 Å². The van der Waals surface area contributed by atoms with E-state index in [1.54, 1.807) is 4.90 Å². The Kier molecular flexibility index (Phi) is 6.20. The zero-order chi connectivity index (χ0) is 20.4. The van der Waals surface area contributed by atoms with Crippen LogP contribution in [0.5, 0.6) is 0 Å². The molecule has 29 heavy (non-hydrogen) atoms. The van der Waals surface area contributed by atoms with E-state index in [2.05, 4.69) is 36.2 Å². The first-order valence-corrected chi connectivity index (χ1v) is 11.0. The lowest BCUT2D eigenvalue weighted by Gasteiger charge is -2.37. The van der Waals surface area contributed by atoms with Crippen LogP contribution in [0.1, 0.15) is 37.8 Å². The summed E-state index contributed by atoms with van der Waals surface area (Å²) in [7, 11) is 0. The quantitative estimate of drug-likeness (QED) is 0.795. The average molecular weight is 400 g/mol. The molecule has 2 saturated heterocycles. The van der Waals surface area contributed by atoms with Crippen LogP contribution in [0.2, 0.25) is 0 Å². The summed E-state index contributed by atoms with van der Waals surface area (Å²) in [6, 6.07) is 6.63. The van der Waals surface area contributed by atoms with Crippen LogP contribution in [0.15, 0.2) is 18.2 Å². The Hall–Kier alpha value is -1.92. The van der Waals surface area contributed by atoms with E-state index in [9.17, 15) is 9.59 Å². The number of hydrogen-bond donors (Lipinski definition) is 1. The van der Waals surface area contributed by atoms with Crippen LogP contribution in [0.3, 0.4) is 0 Å². The average Bonchev–Trinajstić information content (AvgIpc) is 3.34. The Bertz CT molecular complexity index is 758. The molecule has 1 aliphatic carbocycles. The van der Waals surface area contributed by atoms with Crippen LogP contribution in [-0.2, 0) is 27.2 Å². The number of fused-ring (bicyclic) bond motifs is 1. The molecule has 2 amide bonds. The number of hydrogen-bond acceptors (Lipinski definition) is 4. The van der Waals surface area contributed by atoms with Gasteiger partial charge in [-0.15, -0.1) is 0 Å². The van der Waals surface area contributed by atoms with Gasteiger partial charge in [-0.3, -0.25) is 14.5 Å². The molecule has 3 aliphatic rings. The molecule has 6 heteroatoms. The number of carbonyl (C=O) groups excluding carboxylic acids is 2. The molecule has 0 spiro atoms. The SMILES string of the molecule is CC(C)C(CNC(=O)C1CC(=O)N(c2ccc3c(c2)CCC3)C1)N1CCOCC1. The third-order valence-corrected chi connectivity index (χ3v) is 6.66. The van der Waals surface area contributed by atoms with Crippen molar-refractivity contribution in [3.8, 4) is 0 Å². The van der Waals surface area contributed by atoms with Crippen molar-refractivity contribution >= 4 is 17.5 Å². The topological polar surface area (TPSA) is 61.9 Å². The van der Waals surface area contributed by atoms with Crippen molar-refractivity contribution in [3.05, 3.63) is 29.3 Å². The molecule has 1 N–H and O–H groups in total. The third kappa shape index (κ3) is 4.48. The summed E-state index contributed by atoms with van der Waals surface area (Å²) < 4.78 is 5.46. The first-order valence-electron chi connectivity index (χ1n) is 11.0. The molecule has 2 unspecified atom stereocenters. The van der Waals surface area contributed by atoms with Gasteiger partial charge in [0.15, 0.2) is 0 Å². The fourth-order valence-electron chi connectivity index (χ4n) is 4.90. The number of carbonyl (C=O) groups is 2. The van der Waals surface area contributed by atoms with Crippen LogP contribution >= 0.6 is 0 Å².